The third-order valence-electron chi connectivity index (χ3n) is 4.56. The zero-order valence-electron chi connectivity index (χ0n) is 13.4. The number of rotatable bonds is 5. The van der Waals surface area contributed by atoms with Gasteiger partial charge in [0.2, 0.25) is 0 Å². The molecule has 0 bridgehead atoms. The van der Waals surface area contributed by atoms with Crippen LogP contribution < -0.4 is 4.90 Å². The summed E-state index contributed by atoms with van der Waals surface area (Å²) in [7, 11) is 1.56. The maximum Gasteiger partial charge on any atom is 0.312 e. The first-order valence-corrected chi connectivity index (χ1v) is 8.69. The minimum absolute atomic E-state index is 0.258. The molecule has 6 nitrogen and oxygen atoms in total. The molecule has 23 heavy (non-hydrogen) atoms. The van der Waals surface area contributed by atoms with Crippen molar-refractivity contribution in [3.63, 3.8) is 0 Å². The summed E-state index contributed by atoms with van der Waals surface area (Å²) in [5, 5.41) is 12.7. The first-order chi connectivity index (χ1) is 11.1. The monoisotopic (exact) mass is 335 g/mol. The number of carboxylic acid groups (broad SMARTS) is 1. The maximum absolute atomic E-state index is 11.7. The summed E-state index contributed by atoms with van der Waals surface area (Å²) in [5.41, 5.74) is -0.778. The number of hydrogen-bond donors (Lipinski definition) is 1. The Morgan fingerprint density at radius 1 is 1.43 bits per heavy atom. The minimum Gasteiger partial charge on any atom is -0.481 e. The third-order valence-corrected chi connectivity index (χ3v) is 5.37. The second kappa shape index (κ2) is 6.41. The minimum atomic E-state index is -0.778. The normalized spacial score (nSPS) is 17.6. The van der Waals surface area contributed by atoms with E-state index in [0.29, 0.717) is 25.9 Å². The summed E-state index contributed by atoms with van der Waals surface area (Å²) in [6, 6.07) is 2.04. The molecule has 0 atom stereocenters. The summed E-state index contributed by atoms with van der Waals surface area (Å²) in [6.07, 6.45) is 1.91. The maximum atomic E-state index is 11.7. The van der Waals surface area contributed by atoms with Crippen molar-refractivity contribution in [2.75, 3.05) is 31.7 Å². The molecule has 124 valence electrons. The SMILES string of the molecule is CCc1nc(N2CCC(COC)(C(=O)O)CC2)c2ccsc2n1. The van der Waals surface area contributed by atoms with Crippen LogP contribution in [0.2, 0.25) is 0 Å². The molecule has 1 aliphatic heterocycles. The van der Waals surface area contributed by atoms with Crippen molar-refractivity contribution in [3.8, 4) is 0 Å². The van der Waals surface area contributed by atoms with Gasteiger partial charge in [0.15, 0.2) is 0 Å². The molecule has 0 amide bonds. The van der Waals surface area contributed by atoms with Crippen LogP contribution in [-0.2, 0) is 16.0 Å². The van der Waals surface area contributed by atoms with E-state index >= 15 is 0 Å². The van der Waals surface area contributed by atoms with Gasteiger partial charge in [-0.2, -0.15) is 0 Å². The lowest BCUT2D eigenvalue weighted by molar-refractivity contribution is -0.154. The molecule has 0 aliphatic carbocycles. The van der Waals surface area contributed by atoms with Crippen molar-refractivity contribution >= 4 is 33.3 Å². The number of piperidine rings is 1. The lowest BCUT2D eigenvalue weighted by atomic mass is 9.79. The number of aromatic nitrogens is 2. The van der Waals surface area contributed by atoms with Crippen LogP contribution in [0.1, 0.15) is 25.6 Å². The van der Waals surface area contributed by atoms with E-state index in [2.05, 4.69) is 9.88 Å². The predicted octanol–water partition coefficient (Wildman–Crippen LogP) is 2.57. The summed E-state index contributed by atoms with van der Waals surface area (Å²) in [5.74, 6) is 1.00. The van der Waals surface area contributed by atoms with Gasteiger partial charge in [-0.25, -0.2) is 9.97 Å². The Balaban J connectivity index is 1.88. The third kappa shape index (κ3) is 2.90. The molecule has 2 aromatic heterocycles. The molecule has 0 spiro atoms. The van der Waals surface area contributed by atoms with Crippen LogP contribution in [0.5, 0.6) is 0 Å². The van der Waals surface area contributed by atoms with Gasteiger partial charge in [-0.15, -0.1) is 11.3 Å². The molecule has 3 rings (SSSR count). The van der Waals surface area contributed by atoms with E-state index < -0.39 is 11.4 Å². The topological polar surface area (TPSA) is 75.6 Å². The van der Waals surface area contributed by atoms with E-state index in [1.54, 1.807) is 18.4 Å². The molecule has 0 unspecified atom stereocenters. The number of carbonyl (C=O) groups is 1. The van der Waals surface area contributed by atoms with Gasteiger partial charge in [-0.1, -0.05) is 6.92 Å². The van der Waals surface area contributed by atoms with Crippen molar-refractivity contribution in [2.45, 2.75) is 26.2 Å². The Hall–Kier alpha value is -1.73. The fraction of sp³-hybridized carbons (Fsp3) is 0.562. The number of nitrogens with zero attached hydrogens (tertiary/aromatic N) is 3. The number of methoxy groups -OCH3 is 1. The predicted molar refractivity (Wildman–Crippen MR) is 90.2 cm³/mol. The average Bonchev–Trinajstić information content (AvgIpc) is 3.03. The van der Waals surface area contributed by atoms with Gasteiger partial charge in [0.05, 0.1) is 17.4 Å². The van der Waals surface area contributed by atoms with E-state index in [0.717, 1.165) is 28.3 Å². The average molecular weight is 335 g/mol. The molecular formula is C16H21N3O3S. The Labute approximate surface area is 139 Å². The fourth-order valence-electron chi connectivity index (χ4n) is 3.12. The largest absolute Gasteiger partial charge is 0.481 e. The van der Waals surface area contributed by atoms with Gasteiger partial charge < -0.3 is 14.7 Å². The highest BCUT2D eigenvalue weighted by atomic mass is 32.1. The van der Waals surface area contributed by atoms with Gasteiger partial charge in [0, 0.05) is 26.6 Å². The van der Waals surface area contributed by atoms with Crippen LogP contribution in [0.25, 0.3) is 10.2 Å². The van der Waals surface area contributed by atoms with E-state index in [4.69, 9.17) is 9.72 Å². The van der Waals surface area contributed by atoms with Crippen molar-refractivity contribution < 1.29 is 14.6 Å². The zero-order chi connectivity index (χ0) is 16.4. The Kier molecular flexibility index (Phi) is 4.50. The highest BCUT2D eigenvalue weighted by Gasteiger charge is 2.42. The lowest BCUT2D eigenvalue weighted by Crippen LogP contribution is -2.47. The van der Waals surface area contributed by atoms with Gasteiger partial charge in [-0.05, 0) is 24.3 Å². The molecular weight excluding hydrogens is 314 g/mol. The Morgan fingerprint density at radius 2 is 2.17 bits per heavy atom. The second-order valence-corrected chi connectivity index (χ2v) is 6.86. The van der Waals surface area contributed by atoms with Gasteiger partial charge in [0.25, 0.3) is 0 Å². The zero-order valence-corrected chi connectivity index (χ0v) is 14.2. The van der Waals surface area contributed by atoms with Gasteiger partial charge in [-0.3, -0.25) is 4.79 Å². The van der Waals surface area contributed by atoms with Crippen molar-refractivity contribution in [1.29, 1.82) is 0 Å². The summed E-state index contributed by atoms with van der Waals surface area (Å²) >= 11 is 1.62. The van der Waals surface area contributed by atoms with E-state index in [1.165, 1.54) is 0 Å². The van der Waals surface area contributed by atoms with Crippen LogP contribution >= 0.6 is 11.3 Å². The summed E-state index contributed by atoms with van der Waals surface area (Å²) < 4.78 is 5.16. The van der Waals surface area contributed by atoms with E-state index in [-0.39, 0.29) is 6.61 Å². The molecule has 7 heteroatoms. The summed E-state index contributed by atoms with van der Waals surface area (Å²) in [6.45, 7) is 3.64. The smallest absolute Gasteiger partial charge is 0.312 e. The standard InChI is InChI=1S/C16H21N3O3S/c1-3-12-17-13(11-4-9-23-14(11)18-12)19-7-5-16(6-8-19,10-22-2)15(20)21/h4,9H,3,5-8,10H2,1-2H3,(H,20,21). The van der Waals surface area contributed by atoms with Crippen LogP contribution in [0.15, 0.2) is 11.4 Å². The van der Waals surface area contributed by atoms with Crippen LogP contribution in [0.4, 0.5) is 5.82 Å². The molecule has 1 aliphatic rings. The Bertz CT molecular complexity index is 708. The molecule has 2 aromatic rings. The van der Waals surface area contributed by atoms with E-state index in [1.807, 2.05) is 18.4 Å². The van der Waals surface area contributed by atoms with Crippen molar-refractivity contribution in [3.05, 3.63) is 17.3 Å². The molecule has 0 saturated carbocycles. The first kappa shape index (κ1) is 16.1. The second-order valence-electron chi connectivity index (χ2n) is 5.96. The molecule has 0 radical (unpaired) electrons. The first-order valence-electron chi connectivity index (χ1n) is 7.81. The number of aryl methyl sites for hydroxylation is 1. The Morgan fingerprint density at radius 3 is 2.78 bits per heavy atom. The highest BCUT2D eigenvalue weighted by Crippen LogP contribution is 2.36. The number of aliphatic carboxylic acids is 1. The van der Waals surface area contributed by atoms with Crippen LogP contribution in [0, 0.1) is 5.41 Å². The van der Waals surface area contributed by atoms with Crippen LogP contribution in [-0.4, -0.2) is 47.8 Å². The van der Waals surface area contributed by atoms with Crippen molar-refractivity contribution in [1.82, 2.24) is 9.97 Å². The van der Waals surface area contributed by atoms with E-state index in [9.17, 15) is 9.90 Å². The lowest BCUT2D eigenvalue weighted by Gasteiger charge is -2.39. The molecule has 1 saturated heterocycles. The fourth-order valence-corrected chi connectivity index (χ4v) is 3.90. The quantitative estimate of drug-likeness (QED) is 0.905. The number of thiophene rings is 1. The molecule has 0 aromatic carbocycles. The van der Waals surface area contributed by atoms with Gasteiger partial charge in [0.1, 0.15) is 16.5 Å². The van der Waals surface area contributed by atoms with Gasteiger partial charge >= 0.3 is 5.97 Å². The number of anilines is 1. The number of fused-ring (bicyclic) bond motifs is 1. The molecule has 1 fully saturated rings. The summed E-state index contributed by atoms with van der Waals surface area (Å²) in [4.78, 5) is 24.1. The number of hydrogen-bond acceptors (Lipinski definition) is 6. The number of ether oxygens (including phenoxy) is 1. The highest BCUT2D eigenvalue weighted by molar-refractivity contribution is 7.16. The molecule has 3 heterocycles. The van der Waals surface area contributed by atoms with Crippen molar-refractivity contribution in [2.24, 2.45) is 5.41 Å². The number of carboxylic acids is 1. The molecule has 1 N–H and O–H groups in total. The van der Waals surface area contributed by atoms with Crippen LogP contribution in [0.3, 0.4) is 0 Å².